The molecule has 0 spiro atoms. The Morgan fingerprint density at radius 1 is 1.13 bits per heavy atom. The number of hydrogen-bond donors (Lipinski definition) is 3. The Bertz CT molecular complexity index is 1190. The van der Waals surface area contributed by atoms with Gasteiger partial charge >= 0.3 is 0 Å². The van der Waals surface area contributed by atoms with E-state index in [0.717, 1.165) is 22.1 Å². The predicted molar refractivity (Wildman–Crippen MR) is 117 cm³/mol. The molecule has 0 radical (unpaired) electrons. The Kier molecular flexibility index (Phi) is 6.49. The van der Waals surface area contributed by atoms with Gasteiger partial charge in [-0.15, -0.1) is 11.3 Å². The molecule has 1 aromatic heterocycles. The number of anilines is 1. The number of hydrogen-bond acceptors (Lipinski definition) is 6. The zero-order valence-electron chi connectivity index (χ0n) is 16.5. The van der Waals surface area contributed by atoms with Gasteiger partial charge in [-0.05, 0) is 28.8 Å². The number of aromatic nitrogens is 1. The lowest BCUT2D eigenvalue weighted by Gasteiger charge is -2.21. The Hall–Kier alpha value is -2.82. The van der Waals surface area contributed by atoms with Crippen molar-refractivity contribution in [1.82, 2.24) is 9.71 Å². The highest BCUT2D eigenvalue weighted by atomic mass is 32.2. The van der Waals surface area contributed by atoms with Crippen molar-refractivity contribution >= 4 is 49.1 Å². The minimum atomic E-state index is -3.93. The number of benzene rings is 2. The number of amides is 2. The molecule has 0 bridgehead atoms. The molecule has 2 amide bonds. The van der Waals surface area contributed by atoms with E-state index in [1.807, 2.05) is 24.3 Å². The second kappa shape index (κ2) is 8.90. The summed E-state index contributed by atoms with van der Waals surface area (Å²) >= 11 is 1.14. The lowest BCUT2D eigenvalue weighted by Crippen LogP contribution is -2.47. The van der Waals surface area contributed by atoms with E-state index in [4.69, 9.17) is 5.73 Å². The molecule has 0 aliphatic rings. The number of nitrogens with one attached hydrogen (secondary N) is 2. The highest BCUT2D eigenvalue weighted by Crippen LogP contribution is 2.21. The first kappa shape index (κ1) is 21.9. The molecule has 0 fully saturated rings. The summed E-state index contributed by atoms with van der Waals surface area (Å²) < 4.78 is 28.3. The van der Waals surface area contributed by atoms with Gasteiger partial charge in [0.1, 0.15) is 6.04 Å². The van der Waals surface area contributed by atoms with E-state index in [0.29, 0.717) is 5.69 Å². The van der Waals surface area contributed by atoms with Crippen molar-refractivity contribution in [3.63, 3.8) is 0 Å². The van der Waals surface area contributed by atoms with Crippen LogP contribution in [-0.2, 0) is 26.0 Å². The summed E-state index contributed by atoms with van der Waals surface area (Å²) in [5.74, 6) is -1.37. The van der Waals surface area contributed by atoms with E-state index in [9.17, 15) is 18.0 Å². The summed E-state index contributed by atoms with van der Waals surface area (Å²) in [5, 5.41) is 6.20. The van der Waals surface area contributed by atoms with E-state index in [1.165, 1.54) is 6.07 Å². The Balaban J connectivity index is 1.78. The van der Waals surface area contributed by atoms with Crippen molar-refractivity contribution in [3.05, 3.63) is 53.5 Å². The number of carbonyl (C=O) groups excluding carboxylic acids is 2. The molecule has 0 saturated carbocycles. The van der Waals surface area contributed by atoms with Gasteiger partial charge in [-0.25, -0.2) is 13.4 Å². The normalized spacial score (nSPS) is 12.8. The summed E-state index contributed by atoms with van der Waals surface area (Å²) in [7, 11) is -3.93. The minimum Gasteiger partial charge on any atom is -0.369 e. The van der Waals surface area contributed by atoms with Gasteiger partial charge < -0.3 is 11.1 Å². The zero-order chi connectivity index (χ0) is 21.9. The maximum absolute atomic E-state index is 12.9. The summed E-state index contributed by atoms with van der Waals surface area (Å²) in [4.78, 5) is 27.9. The quantitative estimate of drug-likeness (QED) is 0.488. The summed E-state index contributed by atoms with van der Waals surface area (Å²) in [6.07, 6.45) is -0.0332. The Morgan fingerprint density at radius 3 is 2.50 bits per heavy atom. The van der Waals surface area contributed by atoms with Crippen molar-refractivity contribution in [2.75, 3.05) is 5.32 Å². The molecular weight excluding hydrogens is 424 g/mol. The molecular formula is C20H22N4O4S2. The van der Waals surface area contributed by atoms with E-state index in [-0.39, 0.29) is 22.4 Å². The second-order valence-electron chi connectivity index (χ2n) is 7.13. The molecule has 0 aliphatic heterocycles. The molecule has 1 unspecified atom stereocenters. The smallest absolute Gasteiger partial charge is 0.244 e. The average molecular weight is 447 g/mol. The van der Waals surface area contributed by atoms with Crippen LogP contribution in [0.5, 0.6) is 0 Å². The minimum absolute atomic E-state index is 0.0332. The fourth-order valence-electron chi connectivity index (χ4n) is 2.87. The lowest BCUT2D eigenvalue weighted by atomic mass is 10.1. The molecule has 158 valence electrons. The van der Waals surface area contributed by atoms with Crippen LogP contribution in [0.3, 0.4) is 0 Å². The Labute approximate surface area is 178 Å². The fourth-order valence-corrected chi connectivity index (χ4v) is 4.96. The van der Waals surface area contributed by atoms with Crippen molar-refractivity contribution in [2.45, 2.75) is 31.2 Å². The number of sulfonamides is 1. The largest absolute Gasteiger partial charge is 0.369 e. The summed E-state index contributed by atoms with van der Waals surface area (Å²) in [6.45, 7) is 3.49. The van der Waals surface area contributed by atoms with Crippen LogP contribution >= 0.6 is 11.3 Å². The van der Waals surface area contributed by atoms with Crippen LogP contribution in [0.4, 0.5) is 5.13 Å². The molecule has 3 aromatic rings. The van der Waals surface area contributed by atoms with Crippen LogP contribution in [0.15, 0.2) is 52.7 Å². The van der Waals surface area contributed by atoms with Gasteiger partial charge in [0, 0.05) is 5.38 Å². The van der Waals surface area contributed by atoms with Gasteiger partial charge in [-0.1, -0.05) is 44.2 Å². The fraction of sp³-hybridized carbons (Fsp3) is 0.250. The van der Waals surface area contributed by atoms with Crippen molar-refractivity contribution in [2.24, 2.45) is 11.7 Å². The summed E-state index contributed by atoms with van der Waals surface area (Å²) in [5.41, 5.74) is 5.59. The van der Waals surface area contributed by atoms with Crippen molar-refractivity contribution in [3.8, 4) is 0 Å². The molecule has 0 saturated heterocycles. The first-order valence-electron chi connectivity index (χ1n) is 9.20. The monoisotopic (exact) mass is 446 g/mol. The van der Waals surface area contributed by atoms with E-state index >= 15 is 0 Å². The SMILES string of the molecule is CC(C)C(NS(=O)(=O)c1ccc2ccccc2c1)C(=O)Nc1nc(CC(N)=O)cs1. The van der Waals surface area contributed by atoms with Crippen molar-refractivity contribution in [1.29, 1.82) is 0 Å². The van der Waals surface area contributed by atoms with Crippen LogP contribution in [-0.4, -0.2) is 31.3 Å². The number of primary amides is 1. The standard InChI is InChI=1S/C20H22N4O4S2/c1-12(2)18(19(26)23-20-22-15(11-29-20)10-17(21)25)24-30(27,28)16-8-7-13-5-3-4-6-14(13)9-16/h3-9,11-12,18,24H,10H2,1-2H3,(H2,21,25)(H,22,23,26). The van der Waals surface area contributed by atoms with Crippen molar-refractivity contribution < 1.29 is 18.0 Å². The number of nitrogens with two attached hydrogens (primary N) is 1. The Morgan fingerprint density at radius 2 is 1.83 bits per heavy atom. The maximum Gasteiger partial charge on any atom is 0.244 e. The number of fused-ring (bicyclic) bond motifs is 1. The molecule has 30 heavy (non-hydrogen) atoms. The molecule has 8 nitrogen and oxygen atoms in total. The first-order valence-corrected chi connectivity index (χ1v) is 11.6. The number of thiazole rings is 1. The third-order valence-corrected chi connectivity index (χ3v) is 6.65. The van der Waals surface area contributed by atoms with E-state index in [2.05, 4.69) is 15.0 Å². The van der Waals surface area contributed by atoms with Gasteiger partial charge in [0.2, 0.25) is 21.8 Å². The number of nitrogens with zero attached hydrogens (tertiary/aromatic N) is 1. The predicted octanol–water partition coefficient (Wildman–Crippen LogP) is 2.27. The molecule has 10 heteroatoms. The number of rotatable bonds is 8. The molecule has 2 aromatic carbocycles. The topological polar surface area (TPSA) is 131 Å². The van der Waals surface area contributed by atoms with Crippen LogP contribution in [0.1, 0.15) is 19.5 Å². The lowest BCUT2D eigenvalue weighted by molar-refractivity contribution is -0.119. The molecule has 4 N–H and O–H groups in total. The second-order valence-corrected chi connectivity index (χ2v) is 9.70. The third kappa shape index (κ3) is 5.21. The zero-order valence-corrected chi connectivity index (χ0v) is 18.1. The van der Waals surface area contributed by atoms with Crippen LogP contribution in [0.2, 0.25) is 0 Å². The molecule has 3 rings (SSSR count). The third-order valence-electron chi connectivity index (χ3n) is 4.40. The molecule has 1 atom stereocenters. The average Bonchev–Trinajstić information content (AvgIpc) is 3.11. The maximum atomic E-state index is 12.9. The first-order chi connectivity index (χ1) is 14.2. The summed E-state index contributed by atoms with van der Waals surface area (Å²) in [6, 6.07) is 11.2. The van der Waals surface area contributed by atoms with E-state index in [1.54, 1.807) is 31.4 Å². The number of carbonyl (C=O) groups is 2. The van der Waals surface area contributed by atoms with Gasteiger partial charge in [0.15, 0.2) is 5.13 Å². The molecule has 0 aliphatic carbocycles. The van der Waals surface area contributed by atoms with E-state index < -0.39 is 27.9 Å². The van der Waals surface area contributed by atoms with Crippen LogP contribution in [0, 0.1) is 5.92 Å². The van der Waals surface area contributed by atoms with Gasteiger partial charge in [0.25, 0.3) is 0 Å². The highest BCUT2D eigenvalue weighted by molar-refractivity contribution is 7.89. The van der Waals surface area contributed by atoms with Gasteiger partial charge in [-0.2, -0.15) is 4.72 Å². The van der Waals surface area contributed by atoms with Gasteiger partial charge in [0.05, 0.1) is 17.0 Å². The van der Waals surface area contributed by atoms with Crippen LogP contribution in [0.25, 0.3) is 10.8 Å². The highest BCUT2D eigenvalue weighted by Gasteiger charge is 2.29. The van der Waals surface area contributed by atoms with Gasteiger partial charge in [-0.3, -0.25) is 9.59 Å². The van der Waals surface area contributed by atoms with Crippen LogP contribution < -0.4 is 15.8 Å². The molecule has 1 heterocycles.